The van der Waals surface area contributed by atoms with Crippen LogP contribution in [0.3, 0.4) is 0 Å². The van der Waals surface area contributed by atoms with E-state index in [4.69, 9.17) is 0 Å². The van der Waals surface area contributed by atoms with Crippen LogP contribution in [0.2, 0.25) is 0 Å². The number of hydrogen-bond acceptors (Lipinski definition) is 2. The molecule has 1 aliphatic heterocycles. The number of amides is 1. The van der Waals surface area contributed by atoms with Crippen molar-refractivity contribution in [1.29, 1.82) is 0 Å². The molecular weight excluding hydrogens is 214 g/mol. The summed E-state index contributed by atoms with van der Waals surface area (Å²) >= 11 is 0. The van der Waals surface area contributed by atoms with Gasteiger partial charge in [-0.05, 0) is 25.3 Å². The Morgan fingerprint density at radius 1 is 1.29 bits per heavy atom. The fraction of sp³-hybridized carbons (Fsp3) is 0.692. The number of nitrogens with zero attached hydrogens (tertiary/aromatic N) is 2. The van der Waals surface area contributed by atoms with E-state index in [0.29, 0.717) is 5.69 Å². The van der Waals surface area contributed by atoms with E-state index >= 15 is 0 Å². The number of hydrogen-bond donors (Lipinski definition) is 1. The first-order valence-electron chi connectivity index (χ1n) is 6.33. The summed E-state index contributed by atoms with van der Waals surface area (Å²) in [7, 11) is 0. The van der Waals surface area contributed by atoms with Crippen LogP contribution in [0.5, 0.6) is 0 Å². The van der Waals surface area contributed by atoms with E-state index in [1.807, 2.05) is 11.0 Å². The van der Waals surface area contributed by atoms with Crippen LogP contribution in [0.1, 0.15) is 56.2 Å². The lowest BCUT2D eigenvalue weighted by atomic mass is 9.92. The first-order chi connectivity index (χ1) is 7.98. The SMILES string of the molecule is CC(C)(C)c1cc(C(=O)N2CCCCC2)n[nH]1. The fourth-order valence-corrected chi connectivity index (χ4v) is 2.07. The van der Waals surface area contributed by atoms with Crippen molar-refractivity contribution in [3.8, 4) is 0 Å². The van der Waals surface area contributed by atoms with Gasteiger partial charge < -0.3 is 4.90 Å². The van der Waals surface area contributed by atoms with Crippen LogP contribution < -0.4 is 0 Å². The lowest BCUT2D eigenvalue weighted by Gasteiger charge is -2.25. The van der Waals surface area contributed by atoms with Gasteiger partial charge in [-0.25, -0.2) is 0 Å². The van der Waals surface area contributed by atoms with E-state index in [0.717, 1.165) is 31.6 Å². The summed E-state index contributed by atoms with van der Waals surface area (Å²) in [5, 5.41) is 7.11. The van der Waals surface area contributed by atoms with Crippen LogP contribution in [0, 0.1) is 0 Å². The third-order valence-electron chi connectivity index (χ3n) is 3.25. The maximum Gasteiger partial charge on any atom is 0.274 e. The van der Waals surface area contributed by atoms with Crippen molar-refractivity contribution < 1.29 is 4.79 Å². The van der Waals surface area contributed by atoms with Gasteiger partial charge in [-0.3, -0.25) is 9.89 Å². The maximum atomic E-state index is 12.2. The molecule has 1 saturated heterocycles. The molecule has 0 aromatic carbocycles. The van der Waals surface area contributed by atoms with Gasteiger partial charge in [-0.15, -0.1) is 0 Å². The number of H-pyrrole nitrogens is 1. The van der Waals surface area contributed by atoms with E-state index in [1.54, 1.807) is 0 Å². The van der Waals surface area contributed by atoms with Crippen molar-refractivity contribution in [2.45, 2.75) is 45.4 Å². The molecule has 1 aromatic heterocycles. The van der Waals surface area contributed by atoms with Crippen molar-refractivity contribution in [3.05, 3.63) is 17.5 Å². The molecular formula is C13H21N3O. The molecule has 1 amide bonds. The largest absolute Gasteiger partial charge is 0.337 e. The van der Waals surface area contributed by atoms with Crippen LogP contribution in [-0.4, -0.2) is 34.1 Å². The molecule has 0 atom stereocenters. The molecule has 1 aromatic rings. The van der Waals surface area contributed by atoms with Gasteiger partial charge in [-0.2, -0.15) is 5.10 Å². The number of aromatic nitrogens is 2. The second-order valence-corrected chi connectivity index (χ2v) is 5.77. The van der Waals surface area contributed by atoms with Crippen LogP contribution in [0.4, 0.5) is 0 Å². The Morgan fingerprint density at radius 2 is 1.94 bits per heavy atom. The van der Waals surface area contributed by atoms with Crippen LogP contribution in [0.25, 0.3) is 0 Å². The Bertz CT molecular complexity index is 397. The Balaban J connectivity index is 2.11. The summed E-state index contributed by atoms with van der Waals surface area (Å²) in [5.41, 5.74) is 1.57. The van der Waals surface area contributed by atoms with Crippen molar-refractivity contribution >= 4 is 5.91 Å². The average Bonchev–Trinajstić information content (AvgIpc) is 2.78. The minimum atomic E-state index is 0.00737. The summed E-state index contributed by atoms with van der Waals surface area (Å²) in [6.07, 6.45) is 3.46. The molecule has 1 aliphatic rings. The lowest BCUT2D eigenvalue weighted by molar-refractivity contribution is 0.0718. The first-order valence-corrected chi connectivity index (χ1v) is 6.33. The Labute approximate surface area is 102 Å². The Kier molecular flexibility index (Phi) is 3.22. The smallest absolute Gasteiger partial charge is 0.274 e. The predicted octanol–water partition coefficient (Wildman–Crippen LogP) is 2.33. The van der Waals surface area contributed by atoms with Crippen molar-refractivity contribution in [2.75, 3.05) is 13.1 Å². The van der Waals surface area contributed by atoms with Gasteiger partial charge in [-0.1, -0.05) is 20.8 Å². The van der Waals surface area contributed by atoms with Crippen molar-refractivity contribution in [1.82, 2.24) is 15.1 Å². The van der Waals surface area contributed by atoms with Gasteiger partial charge in [0, 0.05) is 24.2 Å². The summed E-state index contributed by atoms with van der Waals surface area (Å²) in [6.45, 7) is 8.06. The number of aromatic amines is 1. The average molecular weight is 235 g/mol. The third kappa shape index (κ3) is 2.68. The monoisotopic (exact) mass is 235 g/mol. The number of likely N-dealkylation sites (tertiary alicyclic amines) is 1. The highest BCUT2D eigenvalue weighted by atomic mass is 16.2. The molecule has 4 heteroatoms. The Hall–Kier alpha value is -1.32. The predicted molar refractivity (Wildman–Crippen MR) is 67.0 cm³/mol. The molecule has 17 heavy (non-hydrogen) atoms. The van der Waals surface area contributed by atoms with Gasteiger partial charge in [0.1, 0.15) is 5.69 Å². The maximum absolute atomic E-state index is 12.2. The number of nitrogens with one attached hydrogen (secondary N) is 1. The lowest BCUT2D eigenvalue weighted by Crippen LogP contribution is -2.35. The first kappa shape index (κ1) is 12.1. The topological polar surface area (TPSA) is 49.0 Å². The zero-order chi connectivity index (χ0) is 12.5. The summed E-state index contributed by atoms with van der Waals surface area (Å²) in [4.78, 5) is 14.1. The fourth-order valence-electron chi connectivity index (χ4n) is 2.07. The summed E-state index contributed by atoms with van der Waals surface area (Å²) < 4.78 is 0. The standard InChI is InChI=1S/C13H21N3O/c1-13(2,3)11-9-10(14-15-11)12(17)16-7-5-4-6-8-16/h9H,4-8H2,1-3H3,(H,14,15). The van der Waals surface area contributed by atoms with Gasteiger partial charge in [0.05, 0.1) is 0 Å². The number of rotatable bonds is 1. The summed E-state index contributed by atoms with van der Waals surface area (Å²) in [5.74, 6) is 0.0662. The number of carbonyl (C=O) groups excluding carboxylic acids is 1. The highest BCUT2D eigenvalue weighted by Crippen LogP contribution is 2.21. The van der Waals surface area contributed by atoms with Gasteiger partial charge >= 0.3 is 0 Å². The van der Waals surface area contributed by atoms with Crippen molar-refractivity contribution in [3.63, 3.8) is 0 Å². The van der Waals surface area contributed by atoms with Crippen molar-refractivity contribution in [2.24, 2.45) is 0 Å². The number of carbonyl (C=O) groups is 1. The molecule has 1 N–H and O–H groups in total. The second kappa shape index (κ2) is 4.51. The minimum absolute atomic E-state index is 0.00737. The molecule has 4 nitrogen and oxygen atoms in total. The van der Waals surface area contributed by atoms with E-state index in [1.165, 1.54) is 6.42 Å². The van der Waals surface area contributed by atoms with E-state index in [2.05, 4.69) is 31.0 Å². The third-order valence-corrected chi connectivity index (χ3v) is 3.25. The zero-order valence-electron chi connectivity index (χ0n) is 10.9. The highest BCUT2D eigenvalue weighted by molar-refractivity contribution is 5.92. The molecule has 94 valence electrons. The Morgan fingerprint density at radius 3 is 2.47 bits per heavy atom. The van der Waals surface area contributed by atoms with Gasteiger partial charge in [0.2, 0.25) is 0 Å². The molecule has 2 heterocycles. The molecule has 0 bridgehead atoms. The second-order valence-electron chi connectivity index (χ2n) is 5.77. The summed E-state index contributed by atoms with van der Waals surface area (Å²) in [6, 6.07) is 1.89. The quantitative estimate of drug-likeness (QED) is 0.812. The molecule has 0 saturated carbocycles. The number of piperidine rings is 1. The molecule has 0 aliphatic carbocycles. The molecule has 1 fully saturated rings. The van der Waals surface area contributed by atoms with Crippen LogP contribution in [-0.2, 0) is 5.41 Å². The van der Waals surface area contributed by atoms with Gasteiger partial charge in [0.15, 0.2) is 0 Å². The van der Waals surface area contributed by atoms with Crippen LogP contribution in [0.15, 0.2) is 6.07 Å². The molecule has 2 rings (SSSR count). The normalized spacial score (nSPS) is 17.2. The van der Waals surface area contributed by atoms with Gasteiger partial charge in [0.25, 0.3) is 5.91 Å². The highest BCUT2D eigenvalue weighted by Gasteiger charge is 2.23. The van der Waals surface area contributed by atoms with E-state index in [9.17, 15) is 4.79 Å². The van der Waals surface area contributed by atoms with Crippen LogP contribution >= 0.6 is 0 Å². The molecule has 0 unspecified atom stereocenters. The van der Waals surface area contributed by atoms with E-state index < -0.39 is 0 Å². The minimum Gasteiger partial charge on any atom is -0.337 e. The van der Waals surface area contributed by atoms with E-state index in [-0.39, 0.29) is 11.3 Å². The zero-order valence-corrected chi connectivity index (χ0v) is 10.9. The molecule has 0 radical (unpaired) electrons. The molecule has 0 spiro atoms.